The van der Waals surface area contributed by atoms with E-state index in [1.165, 1.54) is 28.0 Å². The zero-order valence-electron chi connectivity index (χ0n) is 16.0. The van der Waals surface area contributed by atoms with Crippen LogP contribution in [0.1, 0.15) is 36.6 Å². The number of amides is 1. The molecule has 10 heteroatoms. The highest BCUT2D eigenvalue weighted by Crippen LogP contribution is 2.39. The van der Waals surface area contributed by atoms with Crippen LogP contribution in [0.2, 0.25) is 0 Å². The SMILES string of the molecule is C[C@@H](C(=O)O)n1c(S[C@H](C(=O)NC2CC2)c2ccc(F)cc2)nnc1-c1cccs1. The lowest BCUT2D eigenvalue weighted by molar-refractivity contribution is -0.140. The van der Waals surface area contributed by atoms with Crippen LogP contribution in [0.5, 0.6) is 0 Å². The summed E-state index contributed by atoms with van der Waals surface area (Å²) in [4.78, 5) is 25.5. The molecule has 0 spiro atoms. The van der Waals surface area contributed by atoms with Crippen LogP contribution in [0.3, 0.4) is 0 Å². The first-order valence-corrected chi connectivity index (χ1v) is 11.1. The molecule has 1 saturated carbocycles. The van der Waals surface area contributed by atoms with Crippen LogP contribution in [0, 0.1) is 5.82 Å². The minimum Gasteiger partial charge on any atom is -0.480 e. The first kappa shape index (κ1) is 20.5. The third-order valence-corrected chi connectivity index (χ3v) is 6.79. The molecule has 1 amide bonds. The Labute approximate surface area is 180 Å². The van der Waals surface area contributed by atoms with Gasteiger partial charge in [-0.2, -0.15) is 0 Å². The van der Waals surface area contributed by atoms with Crippen molar-refractivity contribution in [1.29, 1.82) is 0 Å². The van der Waals surface area contributed by atoms with E-state index in [2.05, 4.69) is 15.5 Å². The van der Waals surface area contributed by atoms with Crippen molar-refractivity contribution < 1.29 is 19.1 Å². The van der Waals surface area contributed by atoms with Crippen LogP contribution in [-0.4, -0.2) is 37.8 Å². The Balaban J connectivity index is 1.72. The Hall–Kier alpha value is -2.72. The summed E-state index contributed by atoms with van der Waals surface area (Å²) in [6.07, 6.45) is 1.86. The first-order valence-electron chi connectivity index (χ1n) is 9.38. The molecule has 0 aliphatic heterocycles. The Morgan fingerprint density at radius 3 is 2.60 bits per heavy atom. The molecule has 0 unspecified atom stereocenters. The van der Waals surface area contributed by atoms with Crippen LogP contribution >= 0.6 is 23.1 Å². The van der Waals surface area contributed by atoms with Crippen LogP contribution in [0.25, 0.3) is 10.7 Å². The van der Waals surface area contributed by atoms with Crippen molar-refractivity contribution in [2.45, 2.75) is 42.3 Å². The highest BCUT2D eigenvalue weighted by molar-refractivity contribution is 8.00. The van der Waals surface area contributed by atoms with E-state index in [9.17, 15) is 19.1 Å². The number of carbonyl (C=O) groups excluding carboxylic acids is 1. The number of carbonyl (C=O) groups is 2. The number of benzene rings is 1. The largest absolute Gasteiger partial charge is 0.480 e. The smallest absolute Gasteiger partial charge is 0.326 e. The monoisotopic (exact) mass is 446 g/mol. The number of thioether (sulfide) groups is 1. The molecule has 1 fully saturated rings. The van der Waals surface area contributed by atoms with Crippen molar-refractivity contribution in [3.8, 4) is 10.7 Å². The molecular weight excluding hydrogens is 427 g/mol. The molecule has 2 N–H and O–H groups in total. The third kappa shape index (κ3) is 4.39. The minimum absolute atomic E-state index is 0.151. The second-order valence-electron chi connectivity index (χ2n) is 7.00. The van der Waals surface area contributed by atoms with Gasteiger partial charge in [-0.3, -0.25) is 9.36 Å². The number of hydrogen-bond acceptors (Lipinski definition) is 6. The Kier molecular flexibility index (Phi) is 5.87. The summed E-state index contributed by atoms with van der Waals surface area (Å²) in [6.45, 7) is 1.55. The second-order valence-corrected chi connectivity index (χ2v) is 9.02. The van der Waals surface area contributed by atoms with Gasteiger partial charge in [0.05, 0.1) is 4.88 Å². The molecule has 1 aromatic carbocycles. The number of rotatable bonds is 8. The number of carboxylic acids is 1. The number of aromatic nitrogens is 3. The van der Waals surface area contributed by atoms with Gasteiger partial charge in [-0.1, -0.05) is 30.0 Å². The molecule has 30 heavy (non-hydrogen) atoms. The lowest BCUT2D eigenvalue weighted by Crippen LogP contribution is -2.30. The number of aliphatic carboxylic acids is 1. The summed E-state index contributed by atoms with van der Waals surface area (Å²) in [6, 6.07) is 8.62. The van der Waals surface area contributed by atoms with E-state index < -0.39 is 23.1 Å². The van der Waals surface area contributed by atoms with Crippen LogP contribution in [-0.2, 0) is 9.59 Å². The Bertz CT molecular complexity index is 1050. The number of hydrogen-bond donors (Lipinski definition) is 2. The fourth-order valence-corrected chi connectivity index (χ4v) is 4.74. The lowest BCUT2D eigenvalue weighted by atomic mass is 10.1. The van der Waals surface area contributed by atoms with Gasteiger partial charge in [-0.15, -0.1) is 21.5 Å². The van der Waals surface area contributed by atoms with Gasteiger partial charge in [-0.25, -0.2) is 9.18 Å². The number of halogens is 1. The van der Waals surface area contributed by atoms with Crippen molar-refractivity contribution in [3.05, 3.63) is 53.2 Å². The van der Waals surface area contributed by atoms with Gasteiger partial charge in [0.15, 0.2) is 11.0 Å². The molecule has 1 aliphatic carbocycles. The second kappa shape index (κ2) is 8.57. The average Bonchev–Trinajstić information content (AvgIpc) is 3.20. The Morgan fingerprint density at radius 1 is 1.27 bits per heavy atom. The van der Waals surface area contributed by atoms with Crippen molar-refractivity contribution in [2.75, 3.05) is 0 Å². The topological polar surface area (TPSA) is 97.1 Å². The molecule has 0 saturated heterocycles. The van der Waals surface area contributed by atoms with Crippen LogP contribution < -0.4 is 5.32 Å². The first-order chi connectivity index (χ1) is 14.4. The molecule has 2 heterocycles. The average molecular weight is 447 g/mol. The van der Waals surface area contributed by atoms with Crippen molar-refractivity contribution in [3.63, 3.8) is 0 Å². The molecule has 156 valence electrons. The standard InChI is InChI=1S/C20H19FN4O3S2/c1-11(19(27)28)25-17(15-3-2-10-29-15)23-24-20(25)30-16(18(26)22-14-8-9-14)12-4-6-13(21)7-5-12/h2-7,10-11,14,16H,8-9H2,1H3,(H,22,26)(H,27,28)/t11-,16-/m0/s1. The predicted octanol–water partition coefficient (Wildman–Crippen LogP) is 3.90. The van der Waals surface area contributed by atoms with E-state index in [0.29, 0.717) is 16.5 Å². The highest BCUT2D eigenvalue weighted by Gasteiger charge is 2.32. The zero-order chi connectivity index (χ0) is 21.3. The van der Waals surface area contributed by atoms with Gasteiger partial charge in [0, 0.05) is 6.04 Å². The van der Waals surface area contributed by atoms with Gasteiger partial charge in [-0.05, 0) is 48.9 Å². The third-order valence-electron chi connectivity index (χ3n) is 4.71. The summed E-state index contributed by atoms with van der Waals surface area (Å²) in [5.41, 5.74) is 0.606. The molecule has 2 atom stereocenters. The van der Waals surface area contributed by atoms with E-state index in [1.54, 1.807) is 19.1 Å². The van der Waals surface area contributed by atoms with Gasteiger partial charge >= 0.3 is 5.97 Å². The molecule has 0 radical (unpaired) electrons. The van der Waals surface area contributed by atoms with Gasteiger partial charge in [0.1, 0.15) is 17.1 Å². The highest BCUT2D eigenvalue weighted by atomic mass is 32.2. The van der Waals surface area contributed by atoms with Gasteiger partial charge in [0.2, 0.25) is 5.91 Å². The summed E-state index contributed by atoms with van der Waals surface area (Å²) in [5.74, 6) is -1.21. The number of nitrogens with one attached hydrogen (secondary N) is 1. The minimum atomic E-state index is -1.03. The van der Waals surface area contributed by atoms with E-state index in [4.69, 9.17) is 0 Å². The summed E-state index contributed by atoms with van der Waals surface area (Å²) >= 11 is 2.54. The molecule has 7 nitrogen and oxygen atoms in total. The van der Waals surface area contributed by atoms with Crippen LogP contribution in [0.4, 0.5) is 4.39 Å². The van der Waals surface area contributed by atoms with Crippen molar-refractivity contribution in [1.82, 2.24) is 20.1 Å². The normalized spacial score (nSPS) is 15.5. The zero-order valence-corrected chi connectivity index (χ0v) is 17.6. The molecule has 0 bridgehead atoms. The summed E-state index contributed by atoms with van der Waals surface area (Å²) < 4.78 is 14.9. The number of carboxylic acid groups (broad SMARTS) is 1. The number of thiophene rings is 1. The van der Waals surface area contributed by atoms with E-state index in [-0.39, 0.29) is 11.9 Å². The Morgan fingerprint density at radius 2 is 2.00 bits per heavy atom. The maximum atomic E-state index is 13.4. The van der Waals surface area contributed by atoms with Crippen LogP contribution in [0.15, 0.2) is 46.9 Å². The quantitative estimate of drug-likeness (QED) is 0.510. The summed E-state index contributed by atoms with van der Waals surface area (Å²) in [5, 5.41) is 22.5. The predicted molar refractivity (Wildman–Crippen MR) is 112 cm³/mol. The summed E-state index contributed by atoms with van der Waals surface area (Å²) in [7, 11) is 0. The fourth-order valence-electron chi connectivity index (χ4n) is 2.91. The molecule has 3 aromatic rings. The van der Waals surface area contributed by atoms with E-state index in [0.717, 1.165) is 29.5 Å². The lowest BCUT2D eigenvalue weighted by Gasteiger charge is -2.19. The van der Waals surface area contributed by atoms with E-state index >= 15 is 0 Å². The van der Waals surface area contributed by atoms with E-state index in [1.807, 2.05) is 17.5 Å². The van der Waals surface area contributed by atoms with Crippen molar-refractivity contribution in [2.24, 2.45) is 0 Å². The van der Waals surface area contributed by atoms with Gasteiger partial charge < -0.3 is 10.4 Å². The maximum Gasteiger partial charge on any atom is 0.326 e. The maximum absolute atomic E-state index is 13.4. The molecular formula is C20H19FN4O3S2. The molecule has 2 aromatic heterocycles. The number of nitrogens with zero attached hydrogens (tertiary/aromatic N) is 3. The van der Waals surface area contributed by atoms with Crippen molar-refractivity contribution >= 4 is 35.0 Å². The molecule has 4 rings (SSSR count). The van der Waals surface area contributed by atoms with Gasteiger partial charge in [0.25, 0.3) is 0 Å². The molecule has 1 aliphatic rings. The fraction of sp³-hybridized carbons (Fsp3) is 0.300.